The van der Waals surface area contributed by atoms with Gasteiger partial charge >= 0.3 is 0 Å². The van der Waals surface area contributed by atoms with Crippen LogP contribution < -0.4 is 5.32 Å². The first-order valence-electron chi connectivity index (χ1n) is 9.26. The van der Waals surface area contributed by atoms with Gasteiger partial charge in [0.1, 0.15) is 11.2 Å². The van der Waals surface area contributed by atoms with Crippen LogP contribution in [0, 0.1) is 0 Å². The van der Waals surface area contributed by atoms with Crippen molar-refractivity contribution < 1.29 is 0 Å². The van der Waals surface area contributed by atoms with Gasteiger partial charge in [-0.3, -0.25) is 0 Å². The van der Waals surface area contributed by atoms with Gasteiger partial charge in [0.25, 0.3) is 0 Å². The van der Waals surface area contributed by atoms with Crippen molar-refractivity contribution >= 4 is 28.0 Å². The highest BCUT2D eigenvalue weighted by Crippen LogP contribution is 2.29. The average molecular weight is 362 g/mol. The molecule has 0 amide bonds. The molecule has 0 radical (unpaired) electrons. The molecule has 4 heterocycles. The first-order chi connectivity index (χ1) is 13.2. The lowest BCUT2D eigenvalue weighted by atomic mass is 10.1. The summed E-state index contributed by atoms with van der Waals surface area (Å²) in [6.07, 6.45) is 6.13. The molecule has 5 rings (SSSR count). The summed E-state index contributed by atoms with van der Waals surface area (Å²) in [4.78, 5) is 14.9. The topological polar surface area (TPSA) is 87.5 Å². The lowest BCUT2D eigenvalue weighted by Crippen LogP contribution is -2.37. The van der Waals surface area contributed by atoms with Crippen LogP contribution in [0.5, 0.6) is 0 Å². The van der Waals surface area contributed by atoms with Crippen molar-refractivity contribution in [3.05, 3.63) is 30.6 Å². The quantitative estimate of drug-likeness (QED) is 0.582. The number of anilines is 1. The molecular formula is C19H22N8. The van der Waals surface area contributed by atoms with Crippen LogP contribution in [0.3, 0.4) is 0 Å². The smallest absolute Gasteiger partial charge is 0.224 e. The van der Waals surface area contributed by atoms with E-state index in [1.54, 1.807) is 4.68 Å². The first kappa shape index (κ1) is 16.2. The molecule has 4 aromatic rings. The summed E-state index contributed by atoms with van der Waals surface area (Å²) >= 11 is 0. The minimum atomic E-state index is 0.438. The molecule has 3 aromatic heterocycles. The maximum absolute atomic E-state index is 4.68. The van der Waals surface area contributed by atoms with Crippen LogP contribution >= 0.6 is 0 Å². The monoisotopic (exact) mass is 362 g/mol. The van der Waals surface area contributed by atoms with Crippen LogP contribution in [-0.2, 0) is 7.05 Å². The van der Waals surface area contributed by atoms with Gasteiger partial charge in [0.2, 0.25) is 5.95 Å². The predicted octanol–water partition coefficient (Wildman–Crippen LogP) is 2.41. The van der Waals surface area contributed by atoms with Crippen LogP contribution in [0.15, 0.2) is 30.6 Å². The van der Waals surface area contributed by atoms with Crippen molar-refractivity contribution in [2.45, 2.75) is 18.9 Å². The van der Waals surface area contributed by atoms with Gasteiger partial charge < -0.3 is 15.2 Å². The molecule has 0 bridgehead atoms. The zero-order valence-electron chi connectivity index (χ0n) is 15.5. The number of fused-ring (bicyclic) bond motifs is 2. The van der Waals surface area contributed by atoms with Crippen molar-refractivity contribution in [1.29, 1.82) is 0 Å². The van der Waals surface area contributed by atoms with Gasteiger partial charge in [-0.05, 0) is 50.7 Å². The fourth-order valence-corrected chi connectivity index (χ4v) is 3.75. The molecule has 0 spiro atoms. The Morgan fingerprint density at radius 3 is 2.89 bits per heavy atom. The molecule has 0 unspecified atom stereocenters. The van der Waals surface area contributed by atoms with Crippen LogP contribution in [0.4, 0.5) is 5.95 Å². The summed E-state index contributed by atoms with van der Waals surface area (Å²) in [5.74, 6) is 0.691. The van der Waals surface area contributed by atoms with Crippen LogP contribution in [0.25, 0.3) is 33.2 Å². The van der Waals surface area contributed by atoms with Crippen molar-refractivity contribution in [2.75, 3.05) is 25.5 Å². The van der Waals surface area contributed by atoms with Gasteiger partial charge in [-0.25, -0.2) is 9.67 Å². The minimum Gasteiger partial charge on any atom is -0.351 e. The molecular weight excluding hydrogens is 340 g/mol. The Morgan fingerprint density at radius 2 is 2.04 bits per heavy atom. The van der Waals surface area contributed by atoms with Crippen molar-refractivity contribution in [1.82, 2.24) is 34.8 Å². The van der Waals surface area contributed by atoms with Crippen molar-refractivity contribution in [3.8, 4) is 11.1 Å². The number of nitrogens with one attached hydrogen (secondary N) is 2. The van der Waals surface area contributed by atoms with E-state index in [2.05, 4.69) is 54.7 Å². The van der Waals surface area contributed by atoms with Crippen LogP contribution in [0.1, 0.15) is 12.8 Å². The number of benzene rings is 1. The van der Waals surface area contributed by atoms with Crippen LogP contribution in [-0.4, -0.2) is 61.0 Å². The first-order valence-corrected chi connectivity index (χ1v) is 9.26. The summed E-state index contributed by atoms with van der Waals surface area (Å²) in [7, 11) is 4.07. The summed E-state index contributed by atoms with van der Waals surface area (Å²) in [6, 6.07) is 6.59. The van der Waals surface area contributed by atoms with E-state index in [1.807, 2.05) is 25.5 Å². The van der Waals surface area contributed by atoms with Gasteiger partial charge in [-0.15, -0.1) is 5.10 Å². The summed E-state index contributed by atoms with van der Waals surface area (Å²) < 4.78 is 1.79. The number of piperidine rings is 1. The molecule has 0 saturated carbocycles. The average Bonchev–Trinajstić information content (AvgIpc) is 3.27. The Labute approximate surface area is 156 Å². The van der Waals surface area contributed by atoms with E-state index >= 15 is 0 Å². The third-order valence-electron chi connectivity index (χ3n) is 5.41. The number of hydrogen-bond acceptors (Lipinski definition) is 6. The molecule has 0 atom stereocenters. The van der Waals surface area contributed by atoms with Gasteiger partial charge in [0, 0.05) is 36.4 Å². The molecule has 2 N–H and O–H groups in total. The number of rotatable bonds is 3. The molecule has 1 aliphatic rings. The third-order valence-corrected chi connectivity index (χ3v) is 5.41. The fraction of sp³-hybridized carbons (Fsp3) is 0.368. The largest absolute Gasteiger partial charge is 0.351 e. The van der Waals surface area contributed by atoms with E-state index in [1.165, 1.54) is 0 Å². The third kappa shape index (κ3) is 2.91. The Bertz CT molecular complexity index is 1100. The lowest BCUT2D eigenvalue weighted by molar-refractivity contribution is 0.263. The zero-order valence-corrected chi connectivity index (χ0v) is 15.5. The van der Waals surface area contributed by atoms with Gasteiger partial charge in [-0.2, -0.15) is 4.98 Å². The SMILES string of the molecule is CN1CCC(Nc2ncc3c(-c4ccc5nnn(C)c5c4)c[nH]c3n2)CC1. The van der Waals surface area contributed by atoms with Crippen LogP contribution in [0.2, 0.25) is 0 Å². The molecule has 1 aromatic carbocycles. The zero-order chi connectivity index (χ0) is 18.4. The predicted molar refractivity (Wildman–Crippen MR) is 106 cm³/mol. The maximum atomic E-state index is 4.68. The second kappa shape index (κ2) is 6.31. The van der Waals surface area contributed by atoms with Crippen molar-refractivity contribution in [2.24, 2.45) is 7.05 Å². The molecule has 1 aliphatic heterocycles. The Morgan fingerprint density at radius 1 is 1.19 bits per heavy atom. The van der Waals surface area contributed by atoms with Gasteiger partial charge in [-0.1, -0.05) is 11.3 Å². The molecule has 8 heteroatoms. The highest BCUT2D eigenvalue weighted by atomic mass is 15.4. The standard InChI is InChI=1S/C19H22N8/c1-26-7-5-13(6-8-26)22-19-21-11-15-14(10-20-18(15)23-19)12-3-4-16-17(9-12)27(2)25-24-16/h3-4,9-11,13H,5-8H2,1-2H3,(H2,20,21,22,23). The summed E-state index contributed by atoms with van der Waals surface area (Å²) in [5, 5.41) is 12.7. The van der Waals surface area contributed by atoms with E-state index < -0.39 is 0 Å². The second-order valence-corrected chi connectivity index (χ2v) is 7.30. The number of aromatic amines is 1. The van der Waals surface area contributed by atoms with Crippen molar-refractivity contribution in [3.63, 3.8) is 0 Å². The minimum absolute atomic E-state index is 0.438. The molecule has 138 valence electrons. The Kier molecular flexibility index (Phi) is 3.78. The number of aromatic nitrogens is 6. The molecule has 1 fully saturated rings. The summed E-state index contributed by atoms with van der Waals surface area (Å²) in [6.45, 7) is 2.22. The van der Waals surface area contributed by atoms with Gasteiger partial charge in [0.05, 0.1) is 5.52 Å². The highest BCUT2D eigenvalue weighted by molar-refractivity contribution is 5.95. The molecule has 0 aliphatic carbocycles. The van der Waals surface area contributed by atoms with E-state index in [9.17, 15) is 0 Å². The number of nitrogens with zero attached hydrogens (tertiary/aromatic N) is 6. The van der Waals surface area contributed by atoms with E-state index in [0.29, 0.717) is 12.0 Å². The normalized spacial score (nSPS) is 16.4. The fourth-order valence-electron chi connectivity index (χ4n) is 3.75. The number of aryl methyl sites for hydroxylation is 1. The Hall–Kier alpha value is -3.00. The van der Waals surface area contributed by atoms with E-state index in [0.717, 1.165) is 59.1 Å². The Balaban J connectivity index is 1.45. The molecule has 8 nitrogen and oxygen atoms in total. The van der Waals surface area contributed by atoms with E-state index in [4.69, 9.17) is 0 Å². The highest BCUT2D eigenvalue weighted by Gasteiger charge is 2.18. The van der Waals surface area contributed by atoms with E-state index in [-0.39, 0.29) is 0 Å². The summed E-state index contributed by atoms with van der Waals surface area (Å²) in [5.41, 5.74) is 4.92. The lowest BCUT2D eigenvalue weighted by Gasteiger charge is -2.29. The number of H-pyrrole nitrogens is 1. The van der Waals surface area contributed by atoms with Gasteiger partial charge in [0.15, 0.2) is 0 Å². The number of likely N-dealkylation sites (tertiary alicyclic amines) is 1. The number of hydrogen-bond donors (Lipinski definition) is 2. The molecule has 27 heavy (non-hydrogen) atoms. The second-order valence-electron chi connectivity index (χ2n) is 7.30. The maximum Gasteiger partial charge on any atom is 0.224 e. The molecule has 1 saturated heterocycles.